The van der Waals surface area contributed by atoms with Gasteiger partial charge in [0.1, 0.15) is 0 Å². The molecule has 0 radical (unpaired) electrons. The molecular formula is C11H10F4N4. The van der Waals surface area contributed by atoms with Crippen LogP contribution in [0.15, 0.2) is 24.3 Å². The number of nitrogens with two attached hydrogens (primary N) is 1. The molecule has 0 spiro atoms. The Balaban J connectivity index is 2.23. The zero-order valence-corrected chi connectivity index (χ0v) is 9.58. The SMILES string of the molecule is Nc1nc2ccccc2nc1NCC(F)(F)C(F)F. The minimum Gasteiger partial charge on any atom is -0.381 e. The molecule has 0 bridgehead atoms. The number of halogens is 4. The number of aromatic nitrogens is 2. The number of hydrogen-bond acceptors (Lipinski definition) is 4. The summed E-state index contributed by atoms with van der Waals surface area (Å²) in [4.78, 5) is 7.90. The van der Waals surface area contributed by atoms with Gasteiger partial charge in [0.25, 0.3) is 0 Å². The van der Waals surface area contributed by atoms with Crippen LogP contribution in [0.5, 0.6) is 0 Å². The molecule has 4 nitrogen and oxygen atoms in total. The van der Waals surface area contributed by atoms with Crippen LogP contribution in [0.25, 0.3) is 11.0 Å². The molecule has 8 heteroatoms. The highest BCUT2D eigenvalue weighted by Crippen LogP contribution is 2.25. The topological polar surface area (TPSA) is 63.8 Å². The van der Waals surface area contributed by atoms with E-state index in [1.807, 2.05) is 0 Å². The van der Waals surface area contributed by atoms with E-state index in [9.17, 15) is 17.6 Å². The largest absolute Gasteiger partial charge is 0.381 e. The zero-order chi connectivity index (χ0) is 14.0. The van der Waals surface area contributed by atoms with Crippen LogP contribution in [0.3, 0.4) is 0 Å². The van der Waals surface area contributed by atoms with Crippen molar-refractivity contribution in [3.63, 3.8) is 0 Å². The van der Waals surface area contributed by atoms with Crippen LogP contribution in [0, 0.1) is 0 Å². The summed E-state index contributed by atoms with van der Waals surface area (Å²) in [7, 11) is 0. The Kier molecular flexibility index (Phi) is 3.41. The summed E-state index contributed by atoms with van der Waals surface area (Å²) in [5.74, 6) is -4.41. The van der Waals surface area contributed by atoms with Crippen molar-refractivity contribution in [1.82, 2.24) is 9.97 Å². The van der Waals surface area contributed by atoms with Gasteiger partial charge < -0.3 is 11.1 Å². The lowest BCUT2D eigenvalue weighted by atomic mass is 10.3. The van der Waals surface area contributed by atoms with E-state index >= 15 is 0 Å². The average molecular weight is 274 g/mol. The Morgan fingerprint density at radius 3 is 2.32 bits per heavy atom. The molecular weight excluding hydrogens is 264 g/mol. The van der Waals surface area contributed by atoms with Gasteiger partial charge in [0, 0.05) is 0 Å². The zero-order valence-electron chi connectivity index (χ0n) is 9.58. The Bertz CT molecular complexity index is 588. The summed E-state index contributed by atoms with van der Waals surface area (Å²) < 4.78 is 49.6. The Hall–Kier alpha value is -2.12. The molecule has 0 saturated heterocycles. The Morgan fingerprint density at radius 2 is 1.74 bits per heavy atom. The number of anilines is 2. The van der Waals surface area contributed by atoms with E-state index in [2.05, 4.69) is 15.3 Å². The van der Waals surface area contributed by atoms with Crippen LogP contribution in [-0.4, -0.2) is 28.9 Å². The van der Waals surface area contributed by atoms with Crippen LogP contribution < -0.4 is 11.1 Å². The monoisotopic (exact) mass is 274 g/mol. The molecule has 0 atom stereocenters. The lowest BCUT2D eigenvalue weighted by Crippen LogP contribution is -2.35. The maximum Gasteiger partial charge on any atom is 0.324 e. The summed E-state index contributed by atoms with van der Waals surface area (Å²) >= 11 is 0. The average Bonchev–Trinajstić information content (AvgIpc) is 2.36. The number of fused-ring (bicyclic) bond motifs is 1. The molecule has 0 unspecified atom stereocenters. The number of rotatable bonds is 4. The van der Waals surface area contributed by atoms with Gasteiger partial charge in [-0.05, 0) is 12.1 Å². The van der Waals surface area contributed by atoms with E-state index in [0.717, 1.165) is 0 Å². The number of alkyl halides is 4. The van der Waals surface area contributed by atoms with Gasteiger partial charge in [0.2, 0.25) is 0 Å². The third kappa shape index (κ3) is 2.83. The van der Waals surface area contributed by atoms with Gasteiger partial charge in [-0.1, -0.05) is 12.1 Å². The van der Waals surface area contributed by atoms with Crippen LogP contribution in [0.1, 0.15) is 0 Å². The highest BCUT2D eigenvalue weighted by atomic mass is 19.3. The quantitative estimate of drug-likeness (QED) is 0.841. The number of benzene rings is 1. The molecule has 1 aromatic carbocycles. The second kappa shape index (κ2) is 4.87. The third-order valence-electron chi connectivity index (χ3n) is 2.41. The van der Waals surface area contributed by atoms with E-state index in [-0.39, 0.29) is 11.6 Å². The number of para-hydroxylation sites is 2. The predicted molar refractivity (Wildman–Crippen MR) is 63.4 cm³/mol. The van der Waals surface area contributed by atoms with Gasteiger partial charge in [0.05, 0.1) is 17.6 Å². The molecule has 1 heterocycles. The first-order valence-electron chi connectivity index (χ1n) is 5.32. The van der Waals surface area contributed by atoms with E-state index in [4.69, 9.17) is 5.73 Å². The van der Waals surface area contributed by atoms with Crippen molar-refractivity contribution in [2.45, 2.75) is 12.3 Å². The van der Waals surface area contributed by atoms with E-state index in [1.54, 1.807) is 24.3 Å². The van der Waals surface area contributed by atoms with Gasteiger partial charge >= 0.3 is 12.3 Å². The van der Waals surface area contributed by atoms with Crippen molar-refractivity contribution in [2.75, 3.05) is 17.6 Å². The molecule has 19 heavy (non-hydrogen) atoms. The molecule has 0 amide bonds. The number of nitrogen functional groups attached to an aromatic ring is 1. The van der Waals surface area contributed by atoms with Gasteiger partial charge in [-0.3, -0.25) is 0 Å². The van der Waals surface area contributed by atoms with Crippen LogP contribution in [-0.2, 0) is 0 Å². The van der Waals surface area contributed by atoms with Crippen LogP contribution in [0.2, 0.25) is 0 Å². The van der Waals surface area contributed by atoms with Gasteiger partial charge in [0.15, 0.2) is 11.6 Å². The summed E-state index contributed by atoms with van der Waals surface area (Å²) in [5, 5.41) is 2.10. The summed E-state index contributed by atoms with van der Waals surface area (Å²) in [6.07, 6.45) is -3.75. The maximum absolute atomic E-state index is 12.8. The van der Waals surface area contributed by atoms with Crippen molar-refractivity contribution in [1.29, 1.82) is 0 Å². The second-order valence-corrected chi connectivity index (χ2v) is 3.86. The fourth-order valence-corrected chi connectivity index (χ4v) is 1.42. The standard InChI is InChI=1S/C11H10F4N4/c12-10(13)11(14,15)5-17-9-8(16)18-6-3-1-2-4-7(6)19-9/h1-4,10H,5H2,(H2,16,18)(H,17,19). The normalized spacial score (nSPS) is 12.1. The number of hydrogen-bond donors (Lipinski definition) is 2. The smallest absolute Gasteiger partial charge is 0.324 e. The van der Waals surface area contributed by atoms with Crippen LogP contribution >= 0.6 is 0 Å². The predicted octanol–water partition coefficient (Wildman–Crippen LogP) is 2.52. The Morgan fingerprint density at radius 1 is 1.16 bits per heavy atom. The van der Waals surface area contributed by atoms with E-state index < -0.39 is 18.9 Å². The molecule has 1 aromatic heterocycles. The second-order valence-electron chi connectivity index (χ2n) is 3.86. The minimum absolute atomic E-state index is 0.122. The van der Waals surface area contributed by atoms with Gasteiger partial charge in [-0.2, -0.15) is 8.78 Å². The highest BCUT2D eigenvalue weighted by molar-refractivity contribution is 5.79. The van der Waals surface area contributed by atoms with Crippen molar-refractivity contribution < 1.29 is 17.6 Å². The summed E-state index contributed by atoms with van der Waals surface area (Å²) in [5.41, 5.74) is 6.45. The fourth-order valence-electron chi connectivity index (χ4n) is 1.42. The molecule has 2 rings (SSSR count). The van der Waals surface area contributed by atoms with E-state index in [1.165, 1.54) is 0 Å². The number of nitrogens with zero attached hydrogens (tertiary/aromatic N) is 2. The molecule has 0 aliphatic heterocycles. The van der Waals surface area contributed by atoms with Crippen molar-refractivity contribution >= 4 is 22.7 Å². The van der Waals surface area contributed by atoms with Crippen molar-refractivity contribution in [2.24, 2.45) is 0 Å². The Labute approximate surface area is 105 Å². The highest BCUT2D eigenvalue weighted by Gasteiger charge is 2.40. The van der Waals surface area contributed by atoms with Gasteiger partial charge in [-0.15, -0.1) is 0 Å². The van der Waals surface area contributed by atoms with Crippen molar-refractivity contribution in [3.05, 3.63) is 24.3 Å². The first-order valence-corrected chi connectivity index (χ1v) is 5.32. The molecule has 3 N–H and O–H groups in total. The first kappa shape index (κ1) is 13.3. The van der Waals surface area contributed by atoms with Crippen LogP contribution in [0.4, 0.5) is 29.2 Å². The summed E-state index contributed by atoms with van der Waals surface area (Å²) in [6.45, 7) is -1.26. The molecule has 2 aromatic rings. The maximum atomic E-state index is 12.8. The molecule has 0 fully saturated rings. The third-order valence-corrected chi connectivity index (χ3v) is 2.41. The van der Waals surface area contributed by atoms with Gasteiger partial charge in [-0.25, -0.2) is 18.7 Å². The molecule has 102 valence electrons. The molecule has 0 saturated carbocycles. The molecule has 0 aliphatic rings. The lowest BCUT2D eigenvalue weighted by molar-refractivity contribution is -0.117. The number of nitrogens with one attached hydrogen (secondary N) is 1. The fraction of sp³-hybridized carbons (Fsp3) is 0.273. The van der Waals surface area contributed by atoms with Crippen molar-refractivity contribution in [3.8, 4) is 0 Å². The summed E-state index contributed by atoms with van der Waals surface area (Å²) in [6, 6.07) is 6.66. The molecule has 0 aliphatic carbocycles. The first-order chi connectivity index (χ1) is 8.90. The minimum atomic E-state index is -4.15. The van der Waals surface area contributed by atoms with E-state index in [0.29, 0.717) is 11.0 Å². The lowest BCUT2D eigenvalue weighted by Gasteiger charge is -2.16.